The van der Waals surface area contributed by atoms with Gasteiger partial charge in [-0.3, -0.25) is 0 Å². The highest BCUT2D eigenvalue weighted by atomic mass is 32.2. The fraction of sp³-hybridized carbons (Fsp3) is 0.389. The molecule has 0 aliphatic carbocycles. The van der Waals surface area contributed by atoms with Crippen molar-refractivity contribution in [3.8, 4) is 0 Å². The molecule has 0 saturated carbocycles. The molecule has 0 spiro atoms. The van der Waals surface area contributed by atoms with Gasteiger partial charge in [-0.2, -0.15) is 0 Å². The minimum atomic E-state index is 0.899. The number of benzene rings is 1. The van der Waals surface area contributed by atoms with Gasteiger partial charge in [0.15, 0.2) is 0 Å². The lowest BCUT2D eigenvalue weighted by molar-refractivity contribution is 0.672. The summed E-state index contributed by atoms with van der Waals surface area (Å²) < 4.78 is 0. The molecule has 0 fully saturated rings. The van der Waals surface area contributed by atoms with Crippen molar-refractivity contribution in [3.63, 3.8) is 0 Å². The van der Waals surface area contributed by atoms with Crippen LogP contribution in [-0.2, 0) is 6.54 Å². The summed E-state index contributed by atoms with van der Waals surface area (Å²) in [6.07, 6.45) is 3.15. The molecule has 2 rings (SSSR count). The Balaban J connectivity index is 2.12. The molecule has 1 N–H and O–H groups in total. The molecule has 0 amide bonds. The van der Waals surface area contributed by atoms with Gasteiger partial charge in [0.2, 0.25) is 0 Å². The van der Waals surface area contributed by atoms with Crippen molar-refractivity contribution in [3.05, 3.63) is 52.7 Å². The zero-order valence-corrected chi connectivity index (χ0v) is 14.2. The molecule has 2 nitrogen and oxygen atoms in total. The van der Waals surface area contributed by atoms with Crippen LogP contribution in [0.3, 0.4) is 0 Å². The topological polar surface area (TPSA) is 24.9 Å². The van der Waals surface area contributed by atoms with Crippen LogP contribution < -0.4 is 5.32 Å². The molecular formula is C18H24N2S. The van der Waals surface area contributed by atoms with E-state index in [0.29, 0.717) is 0 Å². The number of pyridine rings is 1. The van der Waals surface area contributed by atoms with Gasteiger partial charge in [-0.05, 0) is 62.1 Å². The summed E-state index contributed by atoms with van der Waals surface area (Å²) in [4.78, 5) is 5.94. The van der Waals surface area contributed by atoms with Gasteiger partial charge in [0.05, 0.1) is 0 Å². The van der Waals surface area contributed by atoms with E-state index in [9.17, 15) is 0 Å². The molecular weight excluding hydrogens is 276 g/mol. The third kappa shape index (κ3) is 4.58. The van der Waals surface area contributed by atoms with E-state index in [1.807, 2.05) is 6.20 Å². The van der Waals surface area contributed by atoms with Gasteiger partial charge in [0, 0.05) is 17.6 Å². The molecule has 3 heteroatoms. The second-order valence-corrected chi connectivity index (χ2v) is 6.54. The maximum Gasteiger partial charge on any atom is 0.104 e. The predicted molar refractivity (Wildman–Crippen MR) is 91.0 cm³/mol. The summed E-state index contributed by atoms with van der Waals surface area (Å²) >= 11 is 1.76. The molecule has 0 radical (unpaired) electrons. The lowest BCUT2D eigenvalue weighted by atomic mass is 10.2. The Morgan fingerprint density at radius 2 is 1.90 bits per heavy atom. The maximum absolute atomic E-state index is 4.65. The van der Waals surface area contributed by atoms with Gasteiger partial charge >= 0.3 is 0 Å². The van der Waals surface area contributed by atoms with Crippen LogP contribution in [0.1, 0.15) is 35.6 Å². The number of hydrogen-bond donors (Lipinski definition) is 1. The van der Waals surface area contributed by atoms with Crippen LogP contribution in [0.5, 0.6) is 0 Å². The predicted octanol–water partition coefficient (Wildman–Crippen LogP) is 4.66. The van der Waals surface area contributed by atoms with Crippen LogP contribution in [0.15, 0.2) is 40.4 Å². The normalized spacial score (nSPS) is 10.9. The fourth-order valence-electron chi connectivity index (χ4n) is 2.15. The van der Waals surface area contributed by atoms with Crippen LogP contribution in [0.4, 0.5) is 0 Å². The summed E-state index contributed by atoms with van der Waals surface area (Å²) in [5.41, 5.74) is 5.10. The number of nitrogens with one attached hydrogen (secondary N) is 1. The Bertz CT molecular complexity index is 608. The summed E-state index contributed by atoms with van der Waals surface area (Å²) in [5.74, 6) is 0. The van der Waals surface area contributed by atoms with Crippen molar-refractivity contribution >= 4 is 11.8 Å². The average Bonchev–Trinajstić information content (AvgIpc) is 2.46. The van der Waals surface area contributed by atoms with Crippen LogP contribution in [-0.4, -0.2) is 11.5 Å². The van der Waals surface area contributed by atoms with E-state index < -0.39 is 0 Å². The zero-order valence-electron chi connectivity index (χ0n) is 13.4. The SMILES string of the molecule is CCCNCc1cnc(Sc2cc(C)ccc2C)c(C)c1. The highest BCUT2D eigenvalue weighted by Gasteiger charge is 2.07. The largest absolute Gasteiger partial charge is 0.313 e. The van der Waals surface area contributed by atoms with E-state index in [1.165, 1.54) is 27.1 Å². The summed E-state index contributed by atoms with van der Waals surface area (Å²) in [5, 5.41) is 4.52. The lowest BCUT2D eigenvalue weighted by Crippen LogP contribution is -2.14. The van der Waals surface area contributed by atoms with Crippen LogP contribution >= 0.6 is 11.8 Å². The molecule has 0 aliphatic rings. The van der Waals surface area contributed by atoms with E-state index >= 15 is 0 Å². The number of rotatable bonds is 6. The van der Waals surface area contributed by atoms with Gasteiger partial charge in [-0.25, -0.2) is 4.98 Å². The monoisotopic (exact) mass is 300 g/mol. The summed E-state index contributed by atoms with van der Waals surface area (Å²) in [6, 6.07) is 8.80. The molecule has 0 bridgehead atoms. The highest BCUT2D eigenvalue weighted by Crippen LogP contribution is 2.31. The minimum absolute atomic E-state index is 0.899. The van der Waals surface area contributed by atoms with Gasteiger partial charge in [-0.1, -0.05) is 36.9 Å². The Labute approximate surface area is 132 Å². The average molecular weight is 300 g/mol. The fourth-order valence-corrected chi connectivity index (χ4v) is 3.16. The number of aryl methyl sites for hydroxylation is 3. The van der Waals surface area contributed by atoms with E-state index in [-0.39, 0.29) is 0 Å². The van der Waals surface area contributed by atoms with E-state index in [4.69, 9.17) is 0 Å². The first-order valence-corrected chi connectivity index (χ1v) is 8.33. The number of hydrogen-bond acceptors (Lipinski definition) is 3. The molecule has 0 saturated heterocycles. The first kappa shape index (κ1) is 16.1. The van der Waals surface area contributed by atoms with Gasteiger partial charge in [0.1, 0.15) is 5.03 Å². The van der Waals surface area contributed by atoms with Crippen LogP contribution in [0, 0.1) is 20.8 Å². The van der Waals surface area contributed by atoms with Crippen molar-refractivity contribution in [2.75, 3.05) is 6.54 Å². The third-order valence-corrected chi connectivity index (χ3v) is 4.67. The Morgan fingerprint density at radius 3 is 2.62 bits per heavy atom. The van der Waals surface area contributed by atoms with E-state index in [0.717, 1.165) is 24.5 Å². The zero-order chi connectivity index (χ0) is 15.2. The van der Waals surface area contributed by atoms with Crippen molar-refractivity contribution in [2.24, 2.45) is 0 Å². The van der Waals surface area contributed by atoms with E-state index in [2.05, 4.69) is 62.3 Å². The molecule has 2 aromatic rings. The Hall–Kier alpha value is -1.32. The van der Waals surface area contributed by atoms with Gasteiger partial charge < -0.3 is 5.32 Å². The third-order valence-electron chi connectivity index (χ3n) is 3.39. The van der Waals surface area contributed by atoms with Crippen molar-refractivity contribution < 1.29 is 0 Å². The van der Waals surface area contributed by atoms with Crippen LogP contribution in [0.2, 0.25) is 0 Å². The van der Waals surface area contributed by atoms with E-state index in [1.54, 1.807) is 11.8 Å². The smallest absolute Gasteiger partial charge is 0.104 e. The Morgan fingerprint density at radius 1 is 1.10 bits per heavy atom. The second-order valence-electron chi connectivity index (χ2n) is 5.51. The number of nitrogens with zero attached hydrogens (tertiary/aromatic N) is 1. The minimum Gasteiger partial charge on any atom is -0.313 e. The molecule has 112 valence electrons. The molecule has 1 aromatic carbocycles. The van der Waals surface area contributed by atoms with Crippen molar-refractivity contribution in [1.82, 2.24) is 10.3 Å². The van der Waals surface area contributed by atoms with Crippen molar-refractivity contribution in [2.45, 2.75) is 50.6 Å². The van der Waals surface area contributed by atoms with Gasteiger partial charge in [-0.15, -0.1) is 0 Å². The quantitative estimate of drug-likeness (QED) is 0.786. The molecule has 0 aliphatic heterocycles. The second kappa shape index (κ2) is 7.62. The first-order chi connectivity index (χ1) is 10.1. The van der Waals surface area contributed by atoms with Crippen LogP contribution in [0.25, 0.3) is 0 Å². The highest BCUT2D eigenvalue weighted by molar-refractivity contribution is 7.99. The summed E-state index contributed by atoms with van der Waals surface area (Å²) in [7, 11) is 0. The summed E-state index contributed by atoms with van der Waals surface area (Å²) in [6.45, 7) is 10.6. The lowest BCUT2D eigenvalue weighted by Gasteiger charge is -2.10. The molecule has 0 atom stereocenters. The molecule has 21 heavy (non-hydrogen) atoms. The Kier molecular flexibility index (Phi) is 5.83. The molecule has 1 heterocycles. The first-order valence-electron chi connectivity index (χ1n) is 7.51. The molecule has 1 aromatic heterocycles. The maximum atomic E-state index is 4.65. The number of aromatic nitrogens is 1. The standard InChI is InChI=1S/C18H24N2S/c1-5-8-19-11-16-10-15(4)18(20-12-16)21-17-9-13(2)6-7-14(17)3/h6-7,9-10,12,19H,5,8,11H2,1-4H3. The molecule has 0 unspecified atom stereocenters. The van der Waals surface area contributed by atoms with Crippen molar-refractivity contribution in [1.29, 1.82) is 0 Å². The van der Waals surface area contributed by atoms with Gasteiger partial charge in [0.25, 0.3) is 0 Å².